The van der Waals surface area contributed by atoms with Crippen LogP contribution in [-0.4, -0.2) is 33.2 Å². The molecule has 1 fully saturated rings. The minimum atomic E-state index is 0.134. The van der Waals surface area contributed by atoms with E-state index in [1.54, 1.807) is 19.5 Å². The number of nitrogens with zero attached hydrogens (tertiary/aromatic N) is 3. The van der Waals surface area contributed by atoms with Crippen LogP contribution in [-0.2, 0) is 4.79 Å². The highest BCUT2D eigenvalue weighted by Crippen LogP contribution is 2.30. The summed E-state index contributed by atoms with van der Waals surface area (Å²) in [6.07, 6.45) is 5.55. The normalized spacial score (nSPS) is 12.7. The van der Waals surface area contributed by atoms with Crippen molar-refractivity contribution in [1.29, 1.82) is 0 Å². The molecule has 4 aromatic rings. The Morgan fingerprint density at radius 3 is 2.55 bits per heavy atom. The summed E-state index contributed by atoms with van der Waals surface area (Å²) in [5.41, 5.74) is 2.80. The van der Waals surface area contributed by atoms with E-state index in [0.717, 1.165) is 46.7 Å². The van der Waals surface area contributed by atoms with Gasteiger partial charge in [0.2, 0.25) is 5.91 Å². The van der Waals surface area contributed by atoms with Crippen LogP contribution < -0.4 is 15.4 Å². The van der Waals surface area contributed by atoms with Crippen molar-refractivity contribution in [2.24, 2.45) is 5.92 Å². The van der Waals surface area contributed by atoms with Crippen LogP contribution in [0, 0.1) is 5.92 Å². The molecule has 8 nitrogen and oxygen atoms in total. The molecule has 0 atom stereocenters. The Balaban J connectivity index is 0.000000165. The average molecular weight is 445 g/mol. The molecule has 2 aromatic carbocycles. The first-order valence-corrected chi connectivity index (χ1v) is 11.0. The smallest absolute Gasteiger partial charge is 0.227 e. The van der Waals surface area contributed by atoms with Gasteiger partial charge in [-0.05, 0) is 55.2 Å². The van der Waals surface area contributed by atoms with Crippen molar-refractivity contribution in [3.8, 4) is 5.75 Å². The highest BCUT2D eigenvalue weighted by molar-refractivity contribution is 5.94. The number of ether oxygens (including phenoxy) is 1. The number of hydrogen-bond donors (Lipinski definition) is 3. The fourth-order valence-electron chi connectivity index (χ4n) is 3.16. The maximum atomic E-state index is 11.4. The average Bonchev–Trinajstić information content (AvgIpc) is 3.62. The highest BCUT2D eigenvalue weighted by atomic mass is 16.5. The predicted octanol–water partition coefficient (Wildman–Crippen LogP) is 5.26. The highest BCUT2D eigenvalue weighted by Gasteiger charge is 2.29. The number of nitrogens with one attached hydrogen (secondary N) is 3. The van der Waals surface area contributed by atoms with Crippen LogP contribution in [0.2, 0.25) is 0 Å². The van der Waals surface area contributed by atoms with Gasteiger partial charge in [0, 0.05) is 23.2 Å². The standard InChI is InChI=1S/C14H15N5.C11H13NO2/c1-9(2)12-7-15-8-13(16-12)17-14-10-5-3-4-6-11(10)18-19-14;1-14-10-6-4-9(5-7-10)12-11(13)8-2-3-8/h3-9H,1-2H3,(H2,16,17,18,19);4-8H,2-3H2,1H3,(H,12,13). The summed E-state index contributed by atoms with van der Waals surface area (Å²) < 4.78 is 5.02. The van der Waals surface area contributed by atoms with E-state index < -0.39 is 0 Å². The maximum absolute atomic E-state index is 11.4. The SMILES string of the molecule is CC(C)c1cncc(Nc2n[nH]c3ccccc23)n1.COc1ccc(NC(=O)C2CC2)cc1. The summed E-state index contributed by atoms with van der Waals surface area (Å²) in [4.78, 5) is 20.1. The molecule has 1 aliphatic carbocycles. The van der Waals surface area contributed by atoms with Crippen molar-refractivity contribution in [3.63, 3.8) is 0 Å². The lowest BCUT2D eigenvalue weighted by molar-refractivity contribution is -0.117. The van der Waals surface area contributed by atoms with Crippen molar-refractivity contribution < 1.29 is 9.53 Å². The van der Waals surface area contributed by atoms with Gasteiger partial charge in [0.15, 0.2) is 5.82 Å². The van der Waals surface area contributed by atoms with Gasteiger partial charge in [-0.1, -0.05) is 26.0 Å². The number of carbonyl (C=O) groups is 1. The number of anilines is 3. The quantitative estimate of drug-likeness (QED) is 0.374. The Labute approximate surface area is 192 Å². The number of carbonyl (C=O) groups excluding carboxylic acids is 1. The van der Waals surface area contributed by atoms with Gasteiger partial charge in [0.05, 0.1) is 24.5 Å². The lowest BCUT2D eigenvalue weighted by Crippen LogP contribution is -2.12. The zero-order chi connectivity index (χ0) is 23.2. The molecular weight excluding hydrogens is 416 g/mol. The summed E-state index contributed by atoms with van der Waals surface area (Å²) in [5, 5.41) is 14.4. The molecule has 0 bridgehead atoms. The summed E-state index contributed by atoms with van der Waals surface area (Å²) >= 11 is 0. The molecule has 1 aliphatic rings. The molecule has 1 saturated carbocycles. The number of aromatic amines is 1. The molecule has 8 heteroatoms. The lowest BCUT2D eigenvalue weighted by atomic mass is 10.1. The van der Waals surface area contributed by atoms with Gasteiger partial charge in [-0.2, -0.15) is 5.10 Å². The molecule has 0 unspecified atom stereocenters. The van der Waals surface area contributed by atoms with Crippen LogP contribution in [0.15, 0.2) is 60.9 Å². The van der Waals surface area contributed by atoms with Gasteiger partial charge in [0.1, 0.15) is 11.6 Å². The maximum Gasteiger partial charge on any atom is 0.227 e. The van der Waals surface area contributed by atoms with Crippen LogP contribution in [0.3, 0.4) is 0 Å². The molecule has 0 aliphatic heterocycles. The first kappa shape index (κ1) is 22.3. The van der Waals surface area contributed by atoms with Crippen molar-refractivity contribution in [3.05, 3.63) is 66.6 Å². The molecule has 5 rings (SSSR count). The van der Waals surface area contributed by atoms with E-state index in [0.29, 0.717) is 11.7 Å². The van der Waals surface area contributed by atoms with E-state index in [4.69, 9.17) is 4.74 Å². The first-order chi connectivity index (χ1) is 16.0. The van der Waals surface area contributed by atoms with Gasteiger partial charge in [0.25, 0.3) is 0 Å². The van der Waals surface area contributed by atoms with Crippen LogP contribution in [0.5, 0.6) is 5.75 Å². The second-order valence-corrected chi connectivity index (χ2v) is 8.22. The van der Waals surface area contributed by atoms with Crippen molar-refractivity contribution >= 4 is 34.1 Å². The van der Waals surface area contributed by atoms with E-state index in [9.17, 15) is 4.79 Å². The number of benzene rings is 2. The second-order valence-electron chi connectivity index (χ2n) is 8.22. The minimum absolute atomic E-state index is 0.134. The van der Waals surface area contributed by atoms with E-state index >= 15 is 0 Å². The van der Waals surface area contributed by atoms with Crippen molar-refractivity contribution in [2.45, 2.75) is 32.6 Å². The van der Waals surface area contributed by atoms with Gasteiger partial charge in [-0.15, -0.1) is 0 Å². The van der Waals surface area contributed by atoms with Gasteiger partial charge in [-0.25, -0.2) is 4.98 Å². The third-order valence-corrected chi connectivity index (χ3v) is 5.27. The number of para-hydroxylation sites is 1. The molecule has 0 saturated heterocycles. The lowest BCUT2D eigenvalue weighted by Gasteiger charge is -2.07. The molecule has 2 heterocycles. The molecule has 3 N–H and O–H groups in total. The summed E-state index contributed by atoms with van der Waals surface area (Å²) in [6.45, 7) is 4.19. The van der Waals surface area contributed by atoms with E-state index in [2.05, 4.69) is 44.6 Å². The monoisotopic (exact) mass is 444 g/mol. The van der Waals surface area contributed by atoms with Gasteiger partial charge >= 0.3 is 0 Å². The fraction of sp³-hybridized carbons (Fsp3) is 0.280. The van der Waals surface area contributed by atoms with Crippen LogP contribution in [0.4, 0.5) is 17.3 Å². The molecule has 0 radical (unpaired) electrons. The summed E-state index contributed by atoms with van der Waals surface area (Å²) in [6, 6.07) is 15.3. The van der Waals surface area contributed by atoms with Gasteiger partial charge in [-0.3, -0.25) is 14.9 Å². The Kier molecular flexibility index (Phi) is 6.83. The van der Waals surface area contributed by atoms with Crippen LogP contribution in [0.25, 0.3) is 10.9 Å². The molecular formula is C25H28N6O2. The molecule has 2 aromatic heterocycles. The minimum Gasteiger partial charge on any atom is -0.497 e. The molecule has 170 valence electrons. The molecule has 33 heavy (non-hydrogen) atoms. The fourth-order valence-corrected chi connectivity index (χ4v) is 3.16. The Hall–Kier alpha value is -3.94. The van der Waals surface area contributed by atoms with Gasteiger partial charge < -0.3 is 15.4 Å². The van der Waals surface area contributed by atoms with Crippen LogP contribution >= 0.6 is 0 Å². The van der Waals surface area contributed by atoms with Crippen molar-refractivity contribution in [1.82, 2.24) is 20.2 Å². The molecule has 1 amide bonds. The zero-order valence-electron chi connectivity index (χ0n) is 19.0. The van der Waals surface area contributed by atoms with E-state index in [1.165, 1.54) is 0 Å². The topological polar surface area (TPSA) is 105 Å². The Bertz CT molecular complexity index is 1220. The van der Waals surface area contributed by atoms with Crippen molar-refractivity contribution in [2.75, 3.05) is 17.7 Å². The molecule has 0 spiro atoms. The number of methoxy groups -OCH3 is 1. The number of H-pyrrole nitrogens is 1. The number of rotatable bonds is 6. The number of aromatic nitrogens is 4. The Morgan fingerprint density at radius 1 is 1.09 bits per heavy atom. The summed E-state index contributed by atoms with van der Waals surface area (Å²) in [5.74, 6) is 3.01. The number of amides is 1. The van der Waals surface area contributed by atoms with Crippen LogP contribution in [0.1, 0.15) is 38.3 Å². The number of hydrogen-bond acceptors (Lipinski definition) is 6. The zero-order valence-corrected chi connectivity index (χ0v) is 19.0. The largest absolute Gasteiger partial charge is 0.497 e. The Morgan fingerprint density at radius 2 is 1.85 bits per heavy atom. The number of fused-ring (bicyclic) bond motifs is 1. The van der Waals surface area contributed by atoms with E-state index in [1.807, 2.05) is 48.5 Å². The summed E-state index contributed by atoms with van der Waals surface area (Å²) in [7, 11) is 1.62. The first-order valence-electron chi connectivity index (χ1n) is 11.0. The third kappa shape index (κ3) is 5.85. The second kappa shape index (κ2) is 10.1. The van der Waals surface area contributed by atoms with E-state index in [-0.39, 0.29) is 11.8 Å². The predicted molar refractivity (Wildman–Crippen MR) is 130 cm³/mol. The third-order valence-electron chi connectivity index (χ3n) is 5.27.